The molecule has 1 aromatic rings. The third-order valence-corrected chi connectivity index (χ3v) is 6.50. The highest BCUT2D eigenvalue weighted by atomic mass is 33.1. The number of benzene rings is 1. The van der Waals surface area contributed by atoms with E-state index in [2.05, 4.69) is 0 Å². The van der Waals surface area contributed by atoms with Crippen LogP contribution in [0.2, 0.25) is 0 Å². The first-order valence-electron chi connectivity index (χ1n) is 9.36. The second kappa shape index (κ2) is 12.0. The second-order valence-electron chi connectivity index (χ2n) is 6.56. The molecule has 0 N–H and O–H groups in total. The van der Waals surface area contributed by atoms with Crippen LogP contribution in [0.3, 0.4) is 0 Å². The normalized spacial score (nSPS) is 25.2. The summed E-state index contributed by atoms with van der Waals surface area (Å²) in [6.07, 6.45) is -4.32. The topological polar surface area (TPSA) is 114 Å². The summed E-state index contributed by atoms with van der Waals surface area (Å²) in [5, 5.41) is 0. The van der Waals surface area contributed by atoms with Crippen LogP contribution in [0.5, 0.6) is 0 Å². The Labute approximate surface area is 187 Å². The van der Waals surface area contributed by atoms with Gasteiger partial charge in [0.25, 0.3) is 0 Å². The van der Waals surface area contributed by atoms with E-state index in [4.69, 9.17) is 23.7 Å². The number of hydrogen-bond donors (Lipinski definition) is 0. The molecule has 5 atom stereocenters. The van der Waals surface area contributed by atoms with Gasteiger partial charge >= 0.3 is 23.9 Å². The first-order valence-corrected chi connectivity index (χ1v) is 11.6. The van der Waals surface area contributed by atoms with Crippen LogP contribution >= 0.6 is 21.6 Å². The molecule has 1 aromatic carbocycles. The van der Waals surface area contributed by atoms with Crippen molar-refractivity contribution in [2.24, 2.45) is 0 Å². The number of ether oxygens (including phenoxy) is 5. The first-order chi connectivity index (χ1) is 14.7. The molecule has 9 nitrogen and oxygen atoms in total. The number of carbonyl (C=O) groups excluding carboxylic acids is 4. The van der Waals surface area contributed by atoms with Crippen LogP contribution in [-0.2, 0) is 42.9 Å². The average Bonchev–Trinajstić information content (AvgIpc) is 2.68. The quantitative estimate of drug-likeness (QED) is 0.316. The van der Waals surface area contributed by atoms with Crippen LogP contribution in [0.15, 0.2) is 35.2 Å². The Morgan fingerprint density at radius 1 is 0.806 bits per heavy atom. The highest BCUT2D eigenvalue weighted by Gasteiger charge is 2.52. The van der Waals surface area contributed by atoms with Crippen molar-refractivity contribution in [3.63, 3.8) is 0 Å². The van der Waals surface area contributed by atoms with E-state index in [1.54, 1.807) is 0 Å². The maximum absolute atomic E-state index is 11.8. The van der Waals surface area contributed by atoms with E-state index in [9.17, 15) is 19.2 Å². The Kier molecular flexibility index (Phi) is 9.66. The molecule has 1 fully saturated rings. The fourth-order valence-electron chi connectivity index (χ4n) is 2.85. The molecular weight excluding hydrogens is 448 g/mol. The van der Waals surface area contributed by atoms with Crippen LogP contribution in [-0.4, -0.2) is 60.3 Å². The zero-order valence-corrected chi connectivity index (χ0v) is 19.1. The van der Waals surface area contributed by atoms with Gasteiger partial charge < -0.3 is 23.7 Å². The van der Waals surface area contributed by atoms with Gasteiger partial charge in [-0.3, -0.25) is 19.2 Å². The lowest BCUT2D eigenvalue weighted by molar-refractivity contribution is -0.237. The first kappa shape index (κ1) is 25.0. The van der Waals surface area contributed by atoms with E-state index >= 15 is 0 Å². The van der Waals surface area contributed by atoms with Gasteiger partial charge in [-0.1, -0.05) is 39.8 Å². The van der Waals surface area contributed by atoms with Crippen LogP contribution in [0.25, 0.3) is 0 Å². The van der Waals surface area contributed by atoms with Crippen molar-refractivity contribution in [2.45, 2.75) is 62.4 Å². The molecule has 170 valence electrons. The molecule has 0 radical (unpaired) electrons. The van der Waals surface area contributed by atoms with E-state index in [1.165, 1.54) is 49.3 Å². The molecule has 0 amide bonds. The van der Waals surface area contributed by atoms with Crippen LogP contribution in [0.1, 0.15) is 27.7 Å². The minimum absolute atomic E-state index is 0.245. The zero-order chi connectivity index (χ0) is 23.0. The van der Waals surface area contributed by atoms with Crippen LogP contribution in [0, 0.1) is 0 Å². The summed E-state index contributed by atoms with van der Waals surface area (Å²) < 4.78 is 27.2. The molecule has 0 bridgehead atoms. The molecule has 1 aliphatic rings. The Morgan fingerprint density at radius 2 is 1.35 bits per heavy atom. The Hall–Kier alpha value is -2.24. The van der Waals surface area contributed by atoms with Gasteiger partial charge in [-0.25, -0.2) is 0 Å². The van der Waals surface area contributed by atoms with Gasteiger partial charge in [0.15, 0.2) is 23.7 Å². The number of hydrogen-bond acceptors (Lipinski definition) is 11. The smallest absolute Gasteiger partial charge is 0.303 e. The van der Waals surface area contributed by atoms with Gasteiger partial charge in [0.05, 0.1) is 0 Å². The molecule has 31 heavy (non-hydrogen) atoms. The maximum Gasteiger partial charge on any atom is 0.303 e. The van der Waals surface area contributed by atoms with E-state index in [0.717, 1.165) is 4.90 Å². The van der Waals surface area contributed by atoms with Gasteiger partial charge in [0.1, 0.15) is 12.7 Å². The molecule has 0 spiro atoms. The lowest BCUT2D eigenvalue weighted by Crippen LogP contribution is -2.61. The monoisotopic (exact) mass is 472 g/mol. The SMILES string of the molecule is CC(=O)OC[C@@H]1O[C@@H](SSc2ccccc2)[C@@H](OC(C)=O)[C@@H](OC(C)=O)[C@H]1OC(C)=O. The Balaban J connectivity index is 2.35. The standard InChI is InChI=1S/C20H24O9S2/c1-11(21)25-10-16-17(26-12(2)22)18(27-13(3)23)19(28-14(4)24)20(29-16)31-30-15-8-6-5-7-9-15/h5-9,16-20H,10H2,1-4H3/t16-,17-,18-,19-,20-/m0/s1. The van der Waals surface area contributed by atoms with Crippen molar-refractivity contribution in [3.05, 3.63) is 30.3 Å². The highest BCUT2D eigenvalue weighted by molar-refractivity contribution is 8.76. The largest absolute Gasteiger partial charge is 0.463 e. The lowest BCUT2D eigenvalue weighted by Gasteiger charge is -2.43. The van der Waals surface area contributed by atoms with Crippen molar-refractivity contribution in [2.75, 3.05) is 6.61 Å². The third kappa shape index (κ3) is 8.08. The summed E-state index contributed by atoms with van der Waals surface area (Å²) in [7, 11) is 2.60. The van der Waals surface area contributed by atoms with E-state index in [1.807, 2.05) is 30.3 Å². The molecule has 1 aliphatic heterocycles. The van der Waals surface area contributed by atoms with Gasteiger partial charge in [-0.05, 0) is 12.1 Å². The zero-order valence-electron chi connectivity index (χ0n) is 17.5. The fourth-order valence-corrected chi connectivity index (χ4v) is 5.24. The van der Waals surface area contributed by atoms with Gasteiger partial charge in [-0.15, -0.1) is 0 Å². The summed E-state index contributed by atoms with van der Waals surface area (Å²) in [6.45, 7) is 4.56. The number of esters is 4. The van der Waals surface area contributed by atoms with Gasteiger partial charge in [-0.2, -0.15) is 0 Å². The lowest BCUT2D eigenvalue weighted by atomic mass is 9.99. The van der Waals surface area contributed by atoms with Crippen LogP contribution < -0.4 is 0 Å². The minimum atomic E-state index is -1.16. The Bertz CT molecular complexity index is 786. The number of rotatable bonds is 8. The molecule has 11 heteroatoms. The van der Waals surface area contributed by atoms with Crippen LogP contribution in [0.4, 0.5) is 0 Å². The summed E-state index contributed by atoms with van der Waals surface area (Å²) in [5.41, 5.74) is -0.814. The predicted octanol–water partition coefficient (Wildman–Crippen LogP) is 2.51. The highest BCUT2D eigenvalue weighted by Crippen LogP contribution is 2.42. The van der Waals surface area contributed by atoms with Crippen molar-refractivity contribution in [1.82, 2.24) is 0 Å². The molecular formula is C20H24O9S2. The van der Waals surface area contributed by atoms with Crippen molar-refractivity contribution in [1.29, 1.82) is 0 Å². The fraction of sp³-hybridized carbons (Fsp3) is 0.500. The van der Waals surface area contributed by atoms with Gasteiger partial charge in [0.2, 0.25) is 0 Å². The van der Waals surface area contributed by atoms with E-state index < -0.39 is 53.7 Å². The Morgan fingerprint density at radius 3 is 1.90 bits per heavy atom. The molecule has 1 saturated heterocycles. The number of carbonyl (C=O) groups is 4. The molecule has 0 aliphatic carbocycles. The second-order valence-corrected chi connectivity index (χ2v) is 8.93. The molecule has 0 saturated carbocycles. The molecule has 0 unspecified atom stereocenters. The van der Waals surface area contributed by atoms with E-state index in [-0.39, 0.29) is 6.61 Å². The minimum Gasteiger partial charge on any atom is -0.463 e. The molecule has 0 aromatic heterocycles. The molecule has 2 rings (SSSR count). The third-order valence-electron chi connectivity index (χ3n) is 3.93. The summed E-state index contributed by atoms with van der Waals surface area (Å²) in [4.78, 5) is 47.5. The summed E-state index contributed by atoms with van der Waals surface area (Å²) >= 11 is 0. The van der Waals surface area contributed by atoms with Crippen molar-refractivity contribution < 1.29 is 42.9 Å². The van der Waals surface area contributed by atoms with Crippen molar-refractivity contribution in [3.8, 4) is 0 Å². The maximum atomic E-state index is 11.8. The summed E-state index contributed by atoms with van der Waals surface area (Å²) in [5.74, 6) is -2.50. The predicted molar refractivity (Wildman–Crippen MR) is 112 cm³/mol. The van der Waals surface area contributed by atoms with Gasteiger partial charge in [0, 0.05) is 32.6 Å². The van der Waals surface area contributed by atoms with E-state index in [0.29, 0.717) is 0 Å². The summed E-state index contributed by atoms with van der Waals surface area (Å²) in [6, 6.07) is 9.40. The molecule has 1 heterocycles. The van der Waals surface area contributed by atoms with Crippen molar-refractivity contribution >= 4 is 45.5 Å². The average molecular weight is 473 g/mol.